The van der Waals surface area contributed by atoms with Crippen molar-refractivity contribution in [2.45, 2.75) is 65.6 Å². The minimum Gasteiger partial charge on any atom is -0.468 e. The number of esters is 1. The first kappa shape index (κ1) is 26.6. The Balaban J connectivity index is 0.000000521. The number of rotatable bonds is 6. The monoisotopic (exact) mass is 423 g/mol. The van der Waals surface area contributed by atoms with Gasteiger partial charge in [-0.25, -0.2) is 4.79 Å². The quantitative estimate of drug-likeness (QED) is 0.472. The lowest BCUT2D eigenvalue weighted by molar-refractivity contribution is -0.140. The van der Waals surface area contributed by atoms with Gasteiger partial charge in [0.15, 0.2) is 5.66 Å². The maximum atomic E-state index is 12.0. The highest BCUT2D eigenvalue weighted by molar-refractivity contribution is 7.55. The summed E-state index contributed by atoms with van der Waals surface area (Å²) >= 11 is 0. The number of likely N-dealkylation sites (tertiary alicyclic amines) is 1. The van der Waals surface area contributed by atoms with Crippen LogP contribution in [0.2, 0.25) is 0 Å². The number of amides is 1. The standard InChI is InChI=1S/C10H17NO3.C8H17O5P/c1-10(2,3)14-9(13)11-6-4-8(12)5-7-11;1-5-12-14(10,13-6-2)7(3)8(9)11-4/h4-7H2,1-3H3;7H,5-6H2,1-4H3. The molecule has 1 fully saturated rings. The Labute approximate surface area is 167 Å². The first-order valence-corrected chi connectivity index (χ1v) is 11.0. The van der Waals surface area contributed by atoms with Gasteiger partial charge in [0.05, 0.1) is 20.3 Å². The molecule has 0 spiro atoms. The van der Waals surface area contributed by atoms with E-state index in [1.54, 1.807) is 18.7 Å². The van der Waals surface area contributed by atoms with Crippen LogP contribution in [0.5, 0.6) is 0 Å². The lowest BCUT2D eigenvalue weighted by Gasteiger charge is -2.29. The highest BCUT2D eigenvalue weighted by Gasteiger charge is 2.38. The van der Waals surface area contributed by atoms with Gasteiger partial charge in [0.2, 0.25) is 0 Å². The first-order valence-electron chi connectivity index (χ1n) is 9.36. The molecule has 9 nitrogen and oxygen atoms in total. The van der Waals surface area contributed by atoms with Crippen LogP contribution in [-0.4, -0.2) is 67.4 Å². The maximum absolute atomic E-state index is 12.0. The van der Waals surface area contributed by atoms with E-state index in [0.29, 0.717) is 25.9 Å². The van der Waals surface area contributed by atoms with E-state index in [1.165, 1.54) is 14.0 Å². The van der Waals surface area contributed by atoms with Gasteiger partial charge in [-0.05, 0) is 41.5 Å². The molecule has 1 aliphatic rings. The molecule has 1 aliphatic heterocycles. The molecule has 0 aromatic heterocycles. The molecule has 0 saturated carbocycles. The Bertz CT molecular complexity index is 552. The van der Waals surface area contributed by atoms with Gasteiger partial charge in [0.1, 0.15) is 11.4 Å². The Kier molecular flexibility index (Phi) is 11.6. The Hall–Kier alpha value is -1.44. The molecule has 164 valence electrons. The second kappa shape index (κ2) is 12.2. The van der Waals surface area contributed by atoms with Gasteiger partial charge in [-0.3, -0.25) is 14.2 Å². The van der Waals surface area contributed by atoms with Crippen molar-refractivity contribution < 1.29 is 37.5 Å². The van der Waals surface area contributed by atoms with Crippen LogP contribution in [0.4, 0.5) is 4.79 Å². The summed E-state index contributed by atoms with van der Waals surface area (Å²) < 4.78 is 31.6. The fourth-order valence-electron chi connectivity index (χ4n) is 2.19. The fraction of sp³-hybridized carbons (Fsp3) is 0.833. The third-order valence-electron chi connectivity index (χ3n) is 3.61. The molecule has 0 aliphatic carbocycles. The van der Waals surface area contributed by atoms with E-state index in [1.807, 2.05) is 20.8 Å². The van der Waals surface area contributed by atoms with E-state index in [2.05, 4.69) is 4.74 Å². The van der Waals surface area contributed by atoms with E-state index in [9.17, 15) is 18.9 Å². The zero-order valence-electron chi connectivity index (χ0n) is 18.0. The van der Waals surface area contributed by atoms with E-state index < -0.39 is 24.8 Å². The van der Waals surface area contributed by atoms with Crippen molar-refractivity contribution in [2.75, 3.05) is 33.4 Å². The largest absolute Gasteiger partial charge is 0.468 e. The van der Waals surface area contributed by atoms with Gasteiger partial charge in [-0.2, -0.15) is 0 Å². The van der Waals surface area contributed by atoms with E-state index in [0.717, 1.165) is 0 Å². The molecule has 28 heavy (non-hydrogen) atoms. The summed E-state index contributed by atoms with van der Waals surface area (Å²) in [6, 6.07) is 0. The van der Waals surface area contributed by atoms with E-state index >= 15 is 0 Å². The van der Waals surface area contributed by atoms with E-state index in [-0.39, 0.29) is 25.1 Å². The van der Waals surface area contributed by atoms with Gasteiger partial charge in [-0.1, -0.05) is 0 Å². The molecule has 0 radical (unpaired) electrons. The van der Waals surface area contributed by atoms with Crippen molar-refractivity contribution in [1.82, 2.24) is 4.90 Å². The van der Waals surface area contributed by atoms with Crippen LogP contribution in [0.25, 0.3) is 0 Å². The highest BCUT2D eigenvalue weighted by Crippen LogP contribution is 2.53. The molecule has 0 aromatic rings. The molecule has 1 amide bonds. The number of hydrogen-bond donors (Lipinski definition) is 0. The van der Waals surface area contributed by atoms with Gasteiger partial charge < -0.3 is 23.4 Å². The number of ketones is 1. The van der Waals surface area contributed by atoms with Crippen molar-refractivity contribution in [3.63, 3.8) is 0 Å². The molecule has 0 aromatic carbocycles. The maximum Gasteiger partial charge on any atom is 0.410 e. The Morgan fingerprint density at radius 3 is 1.93 bits per heavy atom. The number of hydrogen-bond acceptors (Lipinski definition) is 8. The van der Waals surface area contributed by atoms with Crippen molar-refractivity contribution in [2.24, 2.45) is 0 Å². The zero-order chi connectivity index (χ0) is 22.0. The fourth-order valence-corrected chi connectivity index (χ4v) is 3.79. The number of Topliss-reactive ketones (excluding diaryl/α,β-unsaturated/α-hetero) is 1. The topological polar surface area (TPSA) is 108 Å². The summed E-state index contributed by atoms with van der Waals surface area (Å²) in [5.41, 5.74) is -1.34. The summed E-state index contributed by atoms with van der Waals surface area (Å²) in [6.07, 6.45) is 0.600. The number of carbonyl (C=O) groups excluding carboxylic acids is 3. The summed E-state index contributed by atoms with van der Waals surface area (Å²) in [5, 5.41) is 0. The summed E-state index contributed by atoms with van der Waals surface area (Å²) in [4.78, 5) is 35.2. The summed E-state index contributed by atoms with van der Waals surface area (Å²) in [5.74, 6) is -0.361. The molecule has 1 saturated heterocycles. The third kappa shape index (κ3) is 9.66. The van der Waals surface area contributed by atoms with Crippen LogP contribution < -0.4 is 0 Å². The summed E-state index contributed by atoms with van der Waals surface area (Å²) in [6.45, 7) is 11.8. The van der Waals surface area contributed by atoms with Crippen LogP contribution >= 0.6 is 7.60 Å². The van der Waals surface area contributed by atoms with E-state index in [4.69, 9.17) is 13.8 Å². The number of nitrogens with zero attached hydrogens (tertiary/aromatic N) is 1. The predicted octanol–water partition coefficient (Wildman–Crippen LogP) is 3.40. The molecule has 1 rings (SSSR count). The minimum absolute atomic E-state index is 0.227. The lowest BCUT2D eigenvalue weighted by Crippen LogP contribution is -2.41. The van der Waals surface area contributed by atoms with Crippen LogP contribution in [0.3, 0.4) is 0 Å². The smallest absolute Gasteiger partial charge is 0.410 e. The van der Waals surface area contributed by atoms with Crippen LogP contribution in [0.15, 0.2) is 0 Å². The molecule has 1 heterocycles. The number of methoxy groups -OCH3 is 1. The summed E-state index contributed by atoms with van der Waals surface area (Å²) in [7, 11) is -2.12. The van der Waals surface area contributed by atoms with Crippen molar-refractivity contribution in [1.29, 1.82) is 0 Å². The van der Waals surface area contributed by atoms with Crippen LogP contribution in [0.1, 0.15) is 54.4 Å². The number of piperidine rings is 1. The zero-order valence-corrected chi connectivity index (χ0v) is 18.9. The Morgan fingerprint density at radius 2 is 1.57 bits per heavy atom. The van der Waals surface area contributed by atoms with Gasteiger partial charge in [0.25, 0.3) is 0 Å². The average molecular weight is 423 g/mol. The van der Waals surface area contributed by atoms with Crippen molar-refractivity contribution in [3.05, 3.63) is 0 Å². The predicted molar refractivity (Wildman–Crippen MR) is 104 cm³/mol. The normalized spacial score (nSPS) is 16.0. The minimum atomic E-state index is -3.36. The van der Waals surface area contributed by atoms with Crippen molar-refractivity contribution >= 4 is 25.4 Å². The SMILES string of the molecule is CC(C)(C)OC(=O)N1CCC(=O)CC1.CCOP(=O)(OCC)C(C)C(=O)OC. The molecular weight excluding hydrogens is 389 g/mol. The molecule has 0 bridgehead atoms. The molecular formula is C18H34NO8P. The number of carbonyl (C=O) groups is 3. The van der Waals surface area contributed by atoms with Gasteiger partial charge >= 0.3 is 19.7 Å². The third-order valence-corrected chi connectivity index (χ3v) is 6.00. The molecule has 1 atom stereocenters. The number of ether oxygens (including phenoxy) is 2. The van der Waals surface area contributed by atoms with Gasteiger partial charge in [0, 0.05) is 25.9 Å². The molecule has 10 heteroatoms. The molecule has 1 unspecified atom stereocenters. The van der Waals surface area contributed by atoms with Gasteiger partial charge in [-0.15, -0.1) is 0 Å². The molecule has 0 N–H and O–H groups in total. The second-order valence-corrected chi connectivity index (χ2v) is 9.45. The average Bonchev–Trinajstić information content (AvgIpc) is 2.60. The lowest BCUT2D eigenvalue weighted by atomic mass is 10.1. The highest BCUT2D eigenvalue weighted by atomic mass is 31.2. The first-order chi connectivity index (χ1) is 12.9. The Morgan fingerprint density at radius 1 is 1.11 bits per heavy atom. The van der Waals surface area contributed by atoms with Crippen molar-refractivity contribution in [3.8, 4) is 0 Å². The van der Waals surface area contributed by atoms with Crippen LogP contribution in [-0.2, 0) is 32.7 Å². The van der Waals surface area contributed by atoms with Crippen LogP contribution in [0, 0.1) is 0 Å². The second-order valence-electron chi connectivity index (χ2n) is 7.08.